The standard InChI is InChI=1S/C33H56O5.CH4/c1-28(2)24(34)13-15-30(5)20-12-16-31(6)27(33(8)17-14-25(38-33)29(3,4)37-11)23(36-10)19-32(31,7)21(20)18-22(35-9)26(28)30;/h12,21-27,34H,13-19H2,1-11H3;1H4/t21-,22+,23+,24+,25+,26+,27+,30-,31-,32+,33-;/m1./s1. The van der Waals surface area contributed by atoms with Gasteiger partial charge in [0, 0.05) is 33.2 Å². The van der Waals surface area contributed by atoms with E-state index in [1.165, 1.54) is 0 Å². The molecule has 1 N–H and O–H groups in total. The quantitative estimate of drug-likeness (QED) is 0.368. The molecule has 0 radical (unpaired) electrons. The molecular formula is C34H60O5. The Hall–Kier alpha value is -0.460. The van der Waals surface area contributed by atoms with Crippen molar-refractivity contribution in [2.75, 3.05) is 21.3 Å². The van der Waals surface area contributed by atoms with Crippen molar-refractivity contribution in [1.82, 2.24) is 0 Å². The predicted octanol–water partition coefficient (Wildman–Crippen LogP) is 7.20. The van der Waals surface area contributed by atoms with Crippen molar-refractivity contribution in [2.24, 2.45) is 39.4 Å². The Morgan fingerprint density at radius 3 is 2.13 bits per heavy atom. The Balaban J connectivity index is 0.00000353. The smallest absolute Gasteiger partial charge is 0.0883 e. The molecule has 4 fully saturated rings. The molecule has 1 saturated heterocycles. The van der Waals surface area contributed by atoms with Crippen LogP contribution in [0.3, 0.4) is 0 Å². The Morgan fingerprint density at radius 1 is 0.897 bits per heavy atom. The van der Waals surface area contributed by atoms with Crippen molar-refractivity contribution in [3.05, 3.63) is 11.6 Å². The maximum Gasteiger partial charge on any atom is 0.0883 e. The Labute approximate surface area is 239 Å². The van der Waals surface area contributed by atoms with Crippen molar-refractivity contribution in [3.8, 4) is 0 Å². The maximum absolute atomic E-state index is 11.1. The zero-order valence-electron chi connectivity index (χ0n) is 26.1. The molecule has 0 aromatic carbocycles. The zero-order chi connectivity index (χ0) is 28.1. The van der Waals surface area contributed by atoms with Crippen LogP contribution in [0.2, 0.25) is 0 Å². The number of rotatable bonds is 5. The van der Waals surface area contributed by atoms with Gasteiger partial charge in [0.05, 0.1) is 35.6 Å². The fourth-order valence-electron chi connectivity index (χ4n) is 11.1. The third-order valence-electron chi connectivity index (χ3n) is 13.5. The van der Waals surface area contributed by atoms with Crippen molar-refractivity contribution in [1.29, 1.82) is 0 Å². The van der Waals surface area contributed by atoms with E-state index >= 15 is 0 Å². The fraction of sp³-hybridized carbons (Fsp3) is 0.941. The minimum Gasteiger partial charge on any atom is -0.393 e. The molecule has 5 aliphatic rings. The molecule has 5 rings (SSSR count). The van der Waals surface area contributed by atoms with E-state index in [1.807, 2.05) is 14.2 Å². The van der Waals surface area contributed by atoms with Crippen LogP contribution in [0.25, 0.3) is 0 Å². The van der Waals surface area contributed by atoms with E-state index in [0.717, 1.165) is 44.9 Å². The molecule has 39 heavy (non-hydrogen) atoms. The summed E-state index contributed by atoms with van der Waals surface area (Å²) in [6, 6.07) is 0. The highest BCUT2D eigenvalue weighted by Crippen LogP contribution is 2.74. The van der Waals surface area contributed by atoms with Crippen LogP contribution in [0.15, 0.2) is 11.6 Å². The first-order chi connectivity index (χ1) is 17.6. The summed E-state index contributed by atoms with van der Waals surface area (Å²) in [6.45, 7) is 18.8. The van der Waals surface area contributed by atoms with Crippen LogP contribution in [0.4, 0.5) is 0 Å². The summed E-state index contributed by atoms with van der Waals surface area (Å²) >= 11 is 0. The monoisotopic (exact) mass is 548 g/mol. The summed E-state index contributed by atoms with van der Waals surface area (Å²) in [4.78, 5) is 0. The molecule has 0 amide bonds. The number of aliphatic hydroxyl groups excluding tert-OH is 1. The van der Waals surface area contributed by atoms with Gasteiger partial charge in [-0.05, 0) is 93.3 Å². The summed E-state index contributed by atoms with van der Waals surface area (Å²) in [5.41, 5.74) is 1.07. The first-order valence-corrected chi connectivity index (χ1v) is 15.2. The number of hydrogen-bond acceptors (Lipinski definition) is 5. The Bertz CT molecular complexity index is 957. The number of allylic oxidation sites excluding steroid dienone is 2. The minimum absolute atomic E-state index is 0. The van der Waals surface area contributed by atoms with Gasteiger partial charge in [-0.25, -0.2) is 0 Å². The van der Waals surface area contributed by atoms with Gasteiger partial charge in [-0.2, -0.15) is 0 Å². The van der Waals surface area contributed by atoms with Gasteiger partial charge in [0.25, 0.3) is 0 Å². The minimum atomic E-state index is -0.306. The lowest BCUT2D eigenvalue weighted by atomic mass is 9.40. The van der Waals surface area contributed by atoms with Crippen LogP contribution in [0.1, 0.15) is 108 Å². The topological polar surface area (TPSA) is 57.2 Å². The lowest BCUT2D eigenvalue weighted by Gasteiger charge is -2.65. The molecule has 3 saturated carbocycles. The average Bonchev–Trinajstić information content (AvgIpc) is 3.37. The number of aliphatic hydroxyl groups is 1. The number of ether oxygens (including phenoxy) is 4. The van der Waals surface area contributed by atoms with E-state index in [0.29, 0.717) is 17.8 Å². The molecule has 1 aliphatic heterocycles. The van der Waals surface area contributed by atoms with Gasteiger partial charge in [0.1, 0.15) is 0 Å². The highest BCUT2D eigenvalue weighted by molar-refractivity contribution is 5.35. The maximum atomic E-state index is 11.1. The highest BCUT2D eigenvalue weighted by atomic mass is 16.6. The van der Waals surface area contributed by atoms with Crippen LogP contribution in [0, 0.1) is 39.4 Å². The fourth-order valence-corrected chi connectivity index (χ4v) is 11.1. The van der Waals surface area contributed by atoms with Gasteiger partial charge >= 0.3 is 0 Å². The molecule has 0 spiro atoms. The predicted molar refractivity (Wildman–Crippen MR) is 158 cm³/mol. The average molecular weight is 549 g/mol. The molecule has 5 heteroatoms. The van der Waals surface area contributed by atoms with E-state index in [1.54, 1.807) is 12.7 Å². The number of fused-ring (bicyclic) bond motifs is 5. The first kappa shape index (κ1) is 31.5. The molecule has 0 unspecified atom stereocenters. The van der Waals surface area contributed by atoms with E-state index in [2.05, 4.69) is 61.5 Å². The Morgan fingerprint density at radius 2 is 1.54 bits per heavy atom. The number of methoxy groups -OCH3 is 3. The zero-order valence-corrected chi connectivity index (χ0v) is 26.1. The second-order valence-electron chi connectivity index (χ2n) is 15.8. The summed E-state index contributed by atoms with van der Waals surface area (Å²) in [5, 5.41) is 11.1. The van der Waals surface area contributed by atoms with E-state index in [4.69, 9.17) is 18.9 Å². The van der Waals surface area contributed by atoms with Gasteiger partial charge in [-0.15, -0.1) is 0 Å². The van der Waals surface area contributed by atoms with Crippen LogP contribution in [-0.4, -0.2) is 62.1 Å². The lowest BCUT2D eigenvalue weighted by molar-refractivity contribution is -0.191. The Kier molecular flexibility index (Phi) is 7.90. The van der Waals surface area contributed by atoms with Crippen LogP contribution in [0.5, 0.6) is 0 Å². The van der Waals surface area contributed by atoms with E-state index < -0.39 is 0 Å². The number of hydrogen-bond donors (Lipinski definition) is 1. The molecule has 5 nitrogen and oxygen atoms in total. The largest absolute Gasteiger partial charge is 0.393 e. The second-order valence-corrected chi connectivity index (χ2v) is 15.8. The molecule has 0 aromatic heterocycles. The second kappa shape index (κ2) is 9.79. The van der Waals surface area contributed by atoms with Gasteiger partial charge in [-0.3, -0.25) is 0 Å². The van der Waals surface area contributed by atoms with Crippen molar-refractivity contribution >= 4 is 0 Å². The molecular weight excluding hydrogens is 488 g/mol. The van der Waals surface area contributed by atoms with Crippen LogP contribution >= 0.6 is 0 Å². The molecule has 4 aliphatic carbocycles. The third kappa shape index (κ3) is 4.10. The van der Waals surface area contributed by atoms with Gasteiger partial charge in [-0.1, -0.05) is 53.7 Å². The van der Waals surface area contributed by atoms with Crippen LogP contribution in [-0.2, 0) is 18.9 Å². The van der Waals surface area contributed by atoms with Crippen molar-refractivity contribution in [3.63, 3.8) is 0 Å². The van der Waals surface area contributed by atoms with Crippen molar-refractivity contribution < 1.29 is 24.1 Å². The summed E-state index contributed by atoms with van der Waals surface area (Å²) < 4.78 is 25.6. The normalized spacial score (nSPS) is 50.9. The molecule has 226 valence electrons. The van der Waals surface area contributed by atoms with Crippen LogP contribution < -0.4 is 0 Å². The summed E-state index contributed by atoms with van der Waals surface area (Å²) in [6.07, 6.45) is 9.81. The first-order valence-electron chi connectivity index (χ1n) is 15.2. The van der Waals surface area contributed by atoms with E-state index in [-0.39, 0.29) is 64.7 Å². The lowest BCUT2D eigenvalue weighted by Crippen LogP contribution is -2.62. The molecule has 0 bridgehead atoms. The highest BCUT2D eigenvalue weighted by Gasteiger charge is 2.72. The van der Waals surface area contributed by atoms with Gasteiger partial charge in [0.2, 0.25) is 0 Å². The molecule has 0 aromatic rings. The molecule has 11 atom stereocenters. The summed E-state index contributed by atoms with van der Waals surface area (Å²) in [7, 11) is 5.60. The van der Waals surface area contributed by atoms with Gasteiger partial charge < -0.3 is 24.1 Å². The van der Waals surface area contributed by atoms with Gasteiger partial charge in [0.15, 0.2) is 0 Å². The van der Waals surface area contributed by atoms with E-state index in [9.17, 15) is 5.11 Å². The third-order valence-corrected chi connectivity index (χ3v) is 13.5. The summed E-state index contributed by atoms with van der Waals surface area (Å²) in [5.74, 6) is 1.05. The SMILES string of the molecule is C.CO[C@H]1C[C@@]2(C)[C@@H]3C[C@H](OC)[C@H]4C(C)(C)[C@@H](O)CC[C@]4(C)C3=CC[C@]2(C)[C@H]1[C@@]1(C)CC[C@@H](C(C)(C)OC)O1. The molecule has 1 heterocycles. The van der Waals surface area contributed by atoms with Crippen molar-refractivity contribution in [2.45, 2.75) is 143 Å².